The van der Waals surface area contributed by atoms with E-state index < -0.39 is 28.9 Å². The Bertz CT molecular complexity index is 1320. The summed E-state index contributed by atoms with van der Waals surface area (Å²) in [6.07, 6.45) is -2.43. The van der Waals surface area contributed by atoms with Gasteiger partial charge in [0.05, 0.1) is 11.1 Å². The molecule has 12 heteroatoms. The molecule has 0 amide bonds. The second-order valence-electron chi connectivity index (χ2n) is 9.45. The summed E-state index contributed by atoms with van der Waals surface area (Å²) in [6, 6.07) is 7.69. The van der Waals surface area contributed by atoms with Gasteiger partial charge in [-0.05, 0) is 61.7 Å². The van der Waals surface area contributed by atoms with Gasteiger partial charge in [0.15, 0.2) is 5.69 Å². The minimum atomic E-state index is -4.64. The molecular formula is C25H26Cl2F3N5O2. The number of aromatic nitrogens is 2. The normalized spacial score (nSPS) is 20.9. The molecule has 7 nitrogen and oxygen atoms in total. The zero-order valence-corrected chi connectivity index (χ0v) is 21.3. The van der Waals surface area contributed by atoms with E-state index in [1.807, 2.05) is 23.1 Å². The summed E-state index contributed by atoms with van der Waals surface area (Å²) in [5.74, 6) is -0.726. The number of fused-ring (bicyclic) bond motifs is 3. The van der Waals surface area contributed by atoms with E-state index in [-0.39, 0.29) is 11.9 Å². The van der Waals surface area contributed by atoms with Crippen LogP contribution in [0, 0.1) is 0 Å². The molecule has 3 N–H and O–H groups in total. The number of hydrogen-bond acceptors (Lipinski definition) is 5. The lowest BCUT2D eigenvalue weighted by molar-refractivity contribution is -0.142. The van der Waals surface area contributed by atoms with Gasteiger partial charge >= 0.3 is 12.1 Å². The first-order valence-electron chi connectivity index (χ1n) is 12.1. The van der Waals surface area contributed by atoms with Gasteiger partial charge in [-0.15, -0.1) is 0 Å². The molecule has 1 fully saturated rings. The van der Waals surface area contributed by atoms with Gasteiger partial charge in [0.2, 0.25) is 0 Å². The number of benzene rings is 1. The van der Waals surface area contributed by atoms with E-state index in [1.165, 1.54) is 17.7 Å². The fraction of sp³-hybridized carbons (Fsp3) is 0.440. The Hall–Kier alpha value is -2.53. The molecule has 0 spiro atoms. The molecule has 2 aromatic heterocycles. The molecule has 2 aliphatic rings. The van der Waals surface area contributed by atoms with Gasteiger partial charge in [-0.25, -0.2) is 4.98 Å². The SMILES string of the molecule is O=C(O)C1CCCN1CC1c2[nH]c3ccc(Cl)cc3c2CCN1CCNc1ccc(Cl)c(C(F)(F)F)n1. The van der Waals surface area contributed by atoms with Crippen molar-refractivity contribution >= 4 is 45.9 Å². The number of alkyl halides is 3. The number of nitrogens with zero attached hydrogens (tertiary/aromatic N) is 3. The molecule has 198 valence electrons. The van der Waals surface area contributed by atoms with Crippen LogP contribution in [0.3, 0.4) is 0 Å². The van der Waals surface area contributed by atoms with Crippen LogP contribution >= 0.6 is 23.2 Å². The van der Waals surface area contributed by atoms with E-state index in [1.54, 1.807) is 0 Å². The van der Waals surface area contributed by atoms with E-state index in [2.05, 4.69) is 20.2 Å². The van der Waals surface area contributed by atoms with Gasteiger partial charge in [0.25, 0.3) is 0 Å². The lowest BCUT2D eigenvalue weighted by Crippen LogP contribution is -2.46. The van der Waals surface area contributed by atoms with Crippen molar-refractivity contribution in [1.29, 1.82) is 0 Å². The molecule has 2 atom stereocenters. The molecule has 0 bridgehead atoms. The van der Waals surface area contributed by atoms with E-state index in [0.717, 1.165) is 29.4 Å². The monoisotopic (exact) mass is 555 g/mol. The number of H-pyrrole nitrogens is 1. The smallest absolute Gasteiger partial charge is 0.434 e. The Labute approximate surface area is 221 Å². The highest BCUT2D eigenvalue weighted by Gasteiger charge is 2.38. The fourth-order valence-electron chi connectivity index (χ4n) is 5.48. The standard InChI is InChI=1S/C25H26Cl2F3N5O2/c26-14-3-5-18-16(12-14)15-7-10-34(11-8-31-21-6-4-17(27)23(33-21)25(28,29)30)20(22(15)32-18)13-35-9-1-2-19(35)24(36)37/h3-6,12,19-20,32H,1-2,7-11,13H2,(H,31,33)(H,36,37). The van der Waals surface area contributed by atoms with E-state index in [4.69, 9.17) is 23.2 Å². The molecular weight excluding hydrogens is 530 g/mol. The number of likely N-dealkylation sites (tertiary alicyclic amines) is 1. The minimum Gasteiger partial charge on any atom is -0.480 e. The number of carbonyl (C=O) groups is 1. The number of halogens is 5. The summed E-state index contributed by atoms with van der Waals surface area (Å²) in [5.41, 5.74) is 2.06. The number of aliphatic carboxylic acids is 1. The first-order chi connectivity index (χ1) is 17.6. The second-order valence-corrected chi connectivity index (χ2v) is 10.3. The zero-order chi connectivity index (χ0) is 26.3. The average Bonchev–Trinajstić information content (AvgIpc) is 3.45. The maximum absolute atomic E-state index is 13.2. The van der Waals surface area contributed by atoms with Crippen molar-refractivity contribution in [3.63, 3.8) is 0 Å². The van der Waals surface area contributed by atoms with Gasteiger partial charge in [-0.2, -0.15) is 13.2 Å². The highest BCUT2D eigenvalue weighted by Crippen LogP contribution is 2.37. The first kappa shape index (κ1) is 26.1. The maximum atomic E-state index is 13.2. The van der Waals surface area contributed by atoms with E-state index in [0.29, 0.717) is 44.2 Å². The molecule has 5 rings (SSSR count). The largest absolute Gasteiger partial charge is 0.480 e. The predicted octanol–water partition coefficient (Wildman–Crippen LogP) is 5.45. The Morgan fingerprint density at radius 3 is 2.76 bits per heavy atom. The first-order valence-corrected chi connectivity index (χ1v) is 12.9. The van der Waals surface area contributed by atoms with Gasteiger partial charge in [-0.3, -0.25) is 14.6 Å². The van der Waals surface area contributed by atoms with Crippen LogP contribution in [-0.4, -0.2) is 69.6 Å². The highest BCUT2D eigenvalue weighted by molar-refractivity contribution is 6.31. The van der Waals surface area contributed by atoms with Gasteiger partial charge < -0.3 is 15.4 Å². The number of rotatable bonds is 7. The number of carboxylic acid groups (broad SMARTS) is 1. The summed E-state index contributed by atoms with van der Waals surface area (Å²) in [7, 11) is 0. The number of nitrogens with one attached hydrogen (secondary N) is 2. The van der Waals surface area contributed by atoms with Crippen LogP contribution in [-0.2, 0) is 17.4 Å². The third-order valence-electron chi connectivity index (χ3n) is 7.20. The summed E-state index contributed by atoms with van der Waals surface area (Å²) in [6.45, 7) is 2.83. The molecule has 3 aromatic rings. The topological polar surface area (TPSA) is 84.5 Å². The van der Waals surface area contributed by atoms with Crippen LogP contribution in [0.1, 0.15) is 35.8 Å². The molecule has 4 heterocycles. The molecule has 1 aromatic carbocycles. The number of carboxylic acids is 1. The third-order valence-corrected chi connectivity index (χ3v) is 7.74. The predicted molar refractivity (Wildman–Crippen MR) is 136 cm³/mol. The lowest BCUT2D eigenvalue weighted by Gasteiger charge is -2.38. The van der Waals surface area contributed by atoms with E-state index in [9.17, 15) is 23.1 Å². The van der Waals surface area contributed by atoms with Crippen LogP contribution in [0.25, 0.3) is 10.9 Å². The van der Waals surface area contributed by atoms with Gasteiger partial charge in [0, 0.05) is 47.8 Å². The van der Waals surface area contributed by atoms with Crippen LogP contribution < -0.4 is 5.32 Å². The van der Waals surface area contributed by atoms with Crippen molar-refractivity contribution in [3.8, 4) is 0 Å². The Kier molecular flexibility index (Phi) is 7.28. The molecule has 37 heavy (non-hydrogen) atoms. The Balaban J connectivity index is 1.37. The second kappa shape index (κ2) is 10.3. The van der Waals surface area contributed by atoms with Crippen molar-refractivity contribution in [2.45, 2.75) is 37.5 Å². The summed E-state index contributed by atoms with van der Waals surface area (Å²) >= 11 is 11.9. The maximum Gasteiger partial charge on any atom is 0.434 e. The summed E-state index contributed by atoms with van der Waals surface area (Å²) < 4.78 is 39.6. The number of aromatic amines is 1. The van der Waals surface area contributed by atoms with Gasteiger partial charge in [0.1, 0.15) is 11.9 Å². The van der Waals surface area contributed by atoms with Crippen molar-refractivity contribution in [2.75, 3.05) is 38.0 Å². The third kappa shape index (κ3) is 5.38. The van der Waals surface area contributed by atoms with Crippen molar-refractivity contribution in [3.05, 3.63) is 57.3 Å². The number of anilines is 1. The van der Waals surface area contributed by atoms with E-state index >= 15 is 0 Å². The number of hydrogen-bond donors (Lipinski definition) is 3. The van der Waals surface area contributed by atoms with Crippen molar-refractivity contribution in [1.82, 2.24) is 19.8 Å². The molecule has 2 unspecified atom stereocenters. The van der Waals surface area contributed by atoms with Crippen LogP contribution in [0.4, 0.5) is 19.0 Å². The van der Waals surface area contributed by atoms with Crippen LogP contribution in [0.15, 0.2) is 30.3 Å². The lowest BCUT2D eigenvalue weighted by atomic mass is 9.96. The Morgan fingerprint density at radius 1 is 1.19 bits per heavy atom. The number of pyridine rings is 1. The summed E-state index contributed by atoms with van der Waals surface area (Å²) in [5, 5.41) is 14.0. The summed E-state index contributed by atoms with van der Waals surface area (Å²) in [4.78, 5) is 23.3. The van der Waals surface area contributed by atoms with Gasteiger partial charge in [-0.1, -0.05) is 23.2 Å². The molecule has 0 radical (unpaired) electrons. The Morgan fingerprint density at radius 2 is 2.00 bits per heavy atom. The molecule has 0 saturated carbocycles. The molecule has 0 aliphatic carbocycles. The quantitative estimate of drug-likeness (QED) is 0.359. The highest BCUT2D eigenvalue weighted by atomic mass is 35.5. The average molecular weight is 556 g/mol. The fourth-order valence-corrected chi connectivity index (χ4v) is 5.86. The van der Waals surface area contributed by atoms with Crippen LogP contribution in [0.2, 0.25) is 10.0 Å². The van der Waals surface area contributed by atoms with Crippen molar-refractivity contribution < 1.29 is 23.1 Å². The minimum absolute atomic E-state index is 0.0942. The molecule has 2 aliphatic heterocycles. The van der Waals surface area contributed by atoms with Crippen LogP contribution in [0.5, 0.6) is 0 Å². The zero-order valence-electron chi connectivity index (χ0n) is 19.8. The van der Waals surface area contributed by atoms with Crippen molar-refractivity contribution in [2.24, 2.45) is 0 Å². The molecule has 1 saturated heterocycles.